The number of benzene rings is 1. The zero-order valence-corrected chi connectivity index (χ0v) is 20.1. The molecule has 0 radical (unpaired) electrons. The molecule has 4 aromatic rings. The first-order valence-electron chi connectivity index (χ1n) is 10.3. The highest BCUT2D eigenvalue weighted by atomic mass is 32.2. The summed E-state index contributed by atoms with van der Waals surface area (Å²) in [6, 6.07) is 6.25. The number of aryl methyl sites for hydroxylation is 4. The van der Waals surface area contributed by atoms with Crippen LogP contribution in [0.1, 0.15) is 24.5 Å². The molecule has 1 aromatic carbocycles. The number of hydrogen-bond acceptors (Lipinski definition) is 8. The lowest BCUT2D eigenvalue weighted by molar-refractivity contribution is 0.594. The Hall–Kier alpha value is -2.92. The number of hydrogen-bond donors (Lipinski definition) is 1. The van der Waals surface area contributed by atoms with E-state index >= 15 is 0 Å². The van der Waals surface area contributed by atoms with Crippen LogP contribution in [-0.2, 0) is 27.1 Å². The van der Waals surface area contributed by atoms with Gasteiger partial charge in [0.05, 0.1) is 6.33 Å². The van der Waals surface area contributed by atoms with Gasteiger partial charge in [-0.05, 0) is 30.9 Å². The molecule has 0 amide bonds. The van der Waals surface area contributed by atoms with Crippen molar-refractivity contribution >= 4 is 45.1 Å². The maximum atomic E-state index is 12.8. The summed E-state index contributed by atoms with van der Waals surface area (Å²) in [5, 5.41) is 12.7. The van der Waals surface area contributed by atoms with E-state index in [1.807, 2.05) is 0 Å². The summed E-state index contributed by atoms with van der Waals surface area (Å²) in [7, 11) is 3.39. The summed E-state index contributed by atoms with van der Waals surface area (Å²) in [6.45, 7) is 4.55. The molecule has 0 spiro atoms. The number of fused-ring (bicyclic) bond motifs is 1. The lowest BCUT2D eigenvalue weighted by Crippen LogP contribution is -2.39. The van der Waals surface area contributed by atoms with E-state index in [1.165, 1.54) is 31.6 Å². The second-order valence-electron chi connectivity index (χ2n) is 7.49. The van der Waals surface area contributed by atoms with Crippen LogP contribution in [0, 0.1) is 6.92 Å². The molecule has 0 aliphatic carbocycles. The Balaban J connectivity index is 1.40. The fourth-order valence-corrected chi connectivity index (χ4v) is 5.35. The molecule has 3 aromatic heterocycles. The first-order chi connectivity index (χ1) is 15.4. The largest absolute Gasteiger partial charge is 0.332 e. The monoisotopic (exact) mass is 471 g/mol. The number of thioether (sulfide) groups is 1. The van der Waals surface area contributed by atoms with E-state index in [1.54, 1.807) is 36.8 Å². The van der Waals surface area contributed by atoms with Gasteiger partial charge in [0.2, 0.25) is 5.13 Å². The third-order valence-corrected chi connectivity index (χ3v) is 7.39. The number of imidazole rings is 1. The molecule has 0 aliphatic heterocycles. The molecule has 168 valence electrons. The third-order valence-electron chi connectivity index (χ3n) is 5.33. The zero-order valence-electron chi connectivity index (χ0n) is 18.5. The molecule has 32 heavy (non-hydrogen) atoms. The van der Waals surface area contributed by atoms with E-state index < -0.39 is 0 Å². The van der Waals surface area contributed by atoms with E-state index in [2.05, 4.69) is 52.5 Å². The lowest BCUT2D eigenvalue weighted by Gasteiger charge is -2.11. The van der Waals surface area contributed by atoms with Gasteiger partial charge in [-0.3, -0.25) is 13.9 Å². The fourth-order valence-electron chi connectivity index (χ4n) is 3.60. The van der Waals surface area contributed by atoms with Crippen molar-refractivity contribution in [3.8, 4) is 0 Å². The molecule has 0 fully saturated rings. The van der Waals surface area contributed by atoms with Gasteiger partial charge in [-0.2, -0.15) is 0 Å². The average molecular weight is 472 g/mol. The number of anilines is 2. The second kappa shape index (κ2) is 9.29. The molecule has 0 atom stereocenters. The SMILES string of the molecule is CCc1cccc(C)c1Nc1nnc(SCCCn2c(=O)c3c(ncn3C)n(C)c2=O)s1. The summed E-state index contributed by atoms with van der Waals surface area (Å²) in [6.07, 6.45) is 3.14. The summed E-state index contributed by atoms with van der Waals surface area (Å²) in [5.74, 6) is 0.720. The quantitative estimate of drug-likeness (QED) is 0.311. The van der Waals surface area contributed by atoms with Crippen LogP contribution in [0.4, 0.5) is 10.8 Å². The van der Waals surface area contributed by atoms with Crippen molar-refractivity contribution in [3.63, 3.8) is 0 Å². The number of para-hydroxylation sites is 1. The standard InChI is InChI=1S/C21H25N7O2S2/c1-5-14-9-6-8-13(2)15(14)23-19-24-25-20(32-19)31-11-7-10-28-18(29)16-17(22-12-26(16)3)27(4)21(28)30/h6,8-9,12H,5,7,10-11H2,1-4H3,(H,23,24). The highest BCUT2D eigenvalue weighted by Crippen LogP contribution is 2.30. The first-order valence-corrected chi connectivity index (χ1v) is 12.1. The molecule has 3 heterocycles. The van der Waals surface area contributed by atoms with Crippen LogP contribution in [0.5, 0.6) is 0 Å². The maximum absolute atomic E-state index is 12.8. The number of aromatic nitrogens is 6. The normalized spacial score (nSPS) is 11.4. The Morgan fingerprint density at radius 1 is 1.19 bits per heavy atom. The summed E-state index contributed by atoms with van der Waals surface area (Å²) in [4.78, 5) is 29.5. The van der Waals surface area contributed by atoms with Gasteiger partial charge >= 0.3 is 5.69 Å². The average Bonchev–Trinajstić information content (AvgIpc) is 3.39. The van der Waals surface area contributed by atoms with Gasteiger partial charge in [0.15, 0.2) is 15.5 Å². The minimum Gasteiger partial charge on any atom is -0.330 e. The Morgan fingerprint density at radius 3 is 2.78 bits per heavy atom. The van der Waals surface area contributed by atoms with E-state index in [9.17, 15) is 9.59 Å². The van der Waals surface area contributed by atoms with Crippen LogP contribution in [0.2, 0.25) is 0 Å². The Labute approximate surface area is 193 Å². The van der Waals surface area contributed by atoms with Crippen molar-refractivity contribution < 1.29 is 0 Å². The molecule has 0 saturated carbocycles. The highest BCUT2D eigenvalue weighted by Gasteiger charge is 2.15. The van der Waals surface area contributed by atoms with Gasteiger partial charge in [-0.1, -0.05) is 48.2 Å². The number of nitrogens with one attached hydrogen (secondary N) is 1. The summed E-state index contributed by atoms with van der Waals surface area (Å²) < 4.78 is 5.20. The van der Waals surface area contributed by atoms with Gasteiger partial charge in [0.25, 0.3) is 5.56 Å². The first kappa shape index (κ1) is 22.3. The fraction of sp³-hybridized carbons (Fsp3) is 0.381. The number of rotatable bonds is 8. The molecule has 0 saturated heterocycles. The maximum Gasteiger partial charge on any atom is 0.332 e. The van der Waals surface area contributed by atoms with Gasteiger partial charge in [-0.15, -0.1) is 10.2 Å². The summed E-state index contributed by atoms with van der Waals surface area (Å²) in [5.41, 5.74) is 3.68. The lowest BCUT2D eigenvalue weighted by atomic mass is 10.1. The molecule has 0 bridgehead atoms. The molecule has 9 nitrogen and oxygen atoms in total. The summed E-state index contributed by atoms with van der Waals surface area (Å²) >= 11 is 3.07. The minimum atomic E-state index is -0.349. The zero-order chi connectivity index (χ0) is 22.8. The van der Waals surface area contributed by atoms with Gasteiger partial charge in [0, 0.05) is 32.1 Å². The smallest absolute Gasteiger partial charge is 0.330 e. The highest BCUT2D eigenvalue weighted by molar-refractivity contribution is 8.01. The predicted molar refractivity (Wildman–Crippen MR) is 129 cm³/mol. The molecule has 0 aliphatic rings. The second-order valence-corrected chi connectivity index (χ2v) is 9.81. The van der Waals surface area contributed by atoms with Crippen LogP contribution in [0.25, 0.3) is 11.2 Å². The van der Waals surface area contributed by atoms with Crippen molar-refractivity contribution in [2.45, 2.75) is 37.6 Å². The van der Waals surface area contributed by atoms with Crippen LogP contribution >= 0.6 is 23.1 Å². The van der Waals surface area contributed by atoms with E-state index in [-0.39, 0.29) is 11.2 Å². The van der Waals surface area contributed by atoms with E-state index in [0.29, 0.717) is 24.1 Å². The van der Waals surface area contributed by atoms with E-state index in [4.69, 9.17) is 0 Å². The topological polar surface area (TPSA) is 99.6 Å². The third kappa shape index (κ3) is 4.22. The van der Waals surface area contributed by atoms with Crippen molar-refractivity contribution in [2.24, 2.45) is 14.1 Å². The van der Waals surface area contributed by atoms with Crippen molar-refractivity contribution in [1.82, 2.24) is 28.9 Å². The Bertz CT molecular complexity index is 1380. The van der Waals surface area contributed by atoms with Crippen molar-refractivity contribution in [3.05, 3.63) is 56.5 Å². The van der Waals surface area contributed by atoms with Gasteiger partial charge in [0.1, 0.15) is 0 Å². The molecule has 4 rings (SSSR count). The molecule has 1 N–H and O–H groups in total. The van der Waals surface area contributed by atoms with Crippen molar-refractivity contribution in [1.29, 1.82) is 0 Å². The molecule has 0 unspecified atom stereocenters. The number of nitrogens with zero attached hydrogens (tertiary/aromatic N) is 6. The van der Waals surface area contributed by atoms with Crippen LogP contribution in [-0.4, -0.2) is 34.6 Å². The molecular weight excluding hydrogens is 446 g/mol. The van der Waals surface area contributed by atoms with Crippen LogP contribution in [0.3, 0.4) is 0 Å². The Morgan fingerprint density at radius 2 is 2.00 bits per heavy atom. The van der Waals surface area contributed by atoms with Crippen molar-refractivity contribution in [2.75, 3.05) is 11.1 Å². The van der Waals surface area contributed by atoms with Gasteiger partial charge in [-0.25, -0.2) is 9.78 Å². The van der Waals surface area contributed by atoms with E-state index in [0.717, 1.165) is 27.3 Å². The molecule has 11 heteroatoms. The van der Waals surface area contributed by atoms with Crippen LogP contribution in [0.15, 0.2) is 38.5 Å². The van der Waals surface area contributed by atoms with Gasteiger partial charge < -0.3 is 9.88 Å². The van der Waals surface area contributed by atoms with Crippen LogP contribution < -0.4 is 16.6 Å². The minimum absolute atomic E-state index is 0.305. The Kier molecular flexibility index (Phi) is 6.47. The molecular formula is C21H25N7O2S2. The predicted octanol–water partition coefficient (Wildman–Crippen LogP) is 3.08.